The van der Waals surface area contributed by atoms with Crippen LogP contribution in [-0.2, 0) is 0 Å². The fourth-order valence-electron chi connectivity index (χ4n) is 3.99. The molecule has 0 saturated carbocycles. The van der Waals surface area contributed by atoms with Crippen LogP contribution in [0.4, 0.5) is 21.9 Å². The van der Waals surface area contributed by atoms with Gasteiger partial charge in [-0.3, -0.25) is 4.79 Å². The summed E-state index contributed by atoms with van der Waals surface area (Å²) in [6, 6.07) is 12.9. The van der Waals surface area contributed by atoms with Crippen LogP contribution in [0.2, 0.25) is 0 Å². The predicted octanol–water partition coefficient (Wildman–Crippen LogP) is 4.31. The SMILES string of the molecule is CCN(CC)CCNC(=O)c1cc(NC(=O)Nc2ccccc2C)ccc1N1CCCC1. The van der Waals surface area contributed by atoms with Gasteiger partial charge in [-0.1, -0.05) is 32.0 Å². The first-order valence-electron chi connectivity index (χ1n) is 11.5. The van der Waals surface area contributed by atoms with E-state index in [4.69, 9.17) is 0 Å². The number of rotatable bonds is 9. The van der Waals surface area contributed by atoms with Crippen molar-refractivity contribution in [1.82, 2.24) is 10.2 Å². The molecule has 32 heavy (non-hydrogen) atoms. The second-order valence-electron chi connectivity index (χ2n) is 8.10. The Morgan fingerprint density at radius 3 is 2.41 bits per heavy atom. The van der Waals surface area contributed by atoms with Crippen LogP contribution in [0, 0.1) is 6.92 Å². The minimum absolute atomic E-state index is 0.109. The zero-order chi connectivity index (χ0) is 22.9. The first kappa shape index (κ1) is 23.6. The first-order chi connectivity index (χ1) is 15.5. The minimum Gasteiger partial charge on any atom is -0.371 e. The van der Waals surface area contributed by atoms with Crippen molar-refractivity contribution in [2.24, 2.45) is 0 Å². The van der Waals surface area contributed by atoms with Crippen molar-refractivity contribution >= 4 is 29.0 Å². The maximum absolute atomic E-state index is 13.1. The van der Waals surface area contributed by atoms with Gasteiger partial charge in [0, 0.05) is 43.2 Å². The van der Waals surface area contributed by atoms with E-state index in [1.54, 1.807) is 6.07 Å². The number of para-hydroxylation sites is 1. The molecule has 0 bridgehead atoms. The van der Waals surface area contributed by atoms with E-state index in [0.29, 0.717) is 17.8 Å². The smallest absolute Gasteiger partial charge is 0.323 e. The number of carbonyl (C=O) groups excluding carboxylic acids is 2. The summed E-state index contributed by atoms with van der Waals surface area (Å²) >= 11 is 0. The van der Waals surface area contributed by atoms with Crippen LogP contribution in [0.25, 0.3) is 0 Å². The Labute approximate surface area is 191 Å². The van der Waals surface area contributed by atoms with Gasteiger partial charge in [0.25, 0.3) is 5.91 Å². The van der Waals surface area contributed by atoms with Crippen molar-refractivity contribution in [3.63, 3.8) is 0 Å². The van der Waals surface area contributed by atoms with E-state index in [1.165, 1.54) is 0 Å². The summed E-state index contributed by atoms with van der Waals surface area (Å²) in [7, 11) is 0. The Kier molecular flexibility index (Phi) is 8.50. The van der Waals surface area contributed by atoms with E-state index in [2.05, 4.69) is 39.6 Å². The number of hydrogen-bond donors (Lipinski definition) is 3. The number of nitrogens with one attached hydrogen (secondary N) is 3. The molecule has 1 aliphatic heterocycles. The first-order valence-corrected chi connectivity index (χ1v) is 11.5. The largest absolute Gasteiger partial charge is 0.371 e. The summed E-state index contributed by atoms with van der Waals surface area (Å²) < 4.78 is 0. The van der Waals surface area contributed by atoms with Gasteiger partial charge in [0.1, 0.15) is 0 Å². The van der Waals surface area contributed by atoms with E-state index in [0.717, 1.165) is 62.5 Å². The molecule has 2 aromatic rings. The van der Waals surface area contributed by atoms with Gasteiger partial charge in [0.05, 0.1) is 5.56 Å². The average molecular weight is 438 g/mol. The second-order valence-corrected chi connectivity index (χ2v) is 8.10. The molecule has 1 aliphatic rings. The summed E-state index contributed by atoms with van der Waals surface area (Å²) in [6.45, 7) is 11.4. The third kappa shape index (κ3) is 6.23. The van der Waals surface area contributed by atoms with E-state index in [9.17, 15) is 9.59 Å². The van der Waals surface area contributed by atoms with E-state index in [1.807, 2.05) is 43.3 Å². The van der Waals surface area contributed by atoms with Crippen LogP contribution in [0.5, 0.6) is 0 Å². The van der Waals surface area contributed by atoms with Gasteiger partial charge in [0.15, 0.2) is 0 Å². The topological polar surface area (TPSA) is 76.7 Å². The van der Waals surface area contributed by atoms with Crippen LogP contribution in [0.15, 0.2) is 42.5 Å². The predicted molar refractivity (Wildman–Crippen MR) is 132 cm³/mol. The van der Waals surface area contributed by atoms with Gasteiger partial charge >= 0.3 is 6.03 Å². The molecule has 0 unspecified atom stereocenters. The Morgan fingerprint density at radius 2 is 1.72 bits per heavy atom. The maximum atomic E-state index is 13.1. The summed E-state index contributed by atoms with van der Waals surface area (Å²) in [5, 5.41) is 8.79. The zero-order valence-electron chi connectivity index (χ0n) is 19.4. The molecular formula is C25H35N5O2. The Bertz CT molecular complexity index is 920. The van der Waals surface area contributed by atoms with Crippen LogP contribution in [0.3, 0.4) is 0 Å². The molecule has 0 atom stereocenters. The molecule has 1 saturated heterocycles. The van der Waals surface area contributed by atoms with Crippen LogP contribution >= 0.6 is 0 Å². The van der Waals surface area contributed by atoms with Crippen LogP contribution in [0.1, 0.15) is 42.6 Å². The van der Waals surface area contributed by atoms with Crippen molar-refractivity contribution in [3.8, 4) is 0 Å². The van der Waals surface area contributed by atoms with Crippen molar-refractivity contribution in [3.05, 3.63) is 53.6 Å². The molecule has 0 spiro atoms. The lowest BCUT2D eigenvalue weighted by molar-refractivity contribution is 0.0949. The van der Waals surface area contributed by atoms with Crippen LogP contribution in [-0.4, -0.2) is 56.1 Å². The minimum atomic E-state index is -0.332. The highest BCUT2D eigenvalue weighted by atomic mass is 16.2. The highest BCUT2D eigenvalue weighted by Crippen LogP contribution is 2.28. The van der Waals surface area contributed by atoms with Crippen molar-refractivity contribution in [1.29, 1.82) is 0 Å². The fourth-order valence-corrected chi connectivity index (χ4v) is 3.99. The number of aryl methyl sites for hydroxylation is 1. The quantitative estimate of drug-likeness (QED) is 0.546. The molecular weight excluding hydrogens is 402 g/mol. The van der Waals surface area contributed by atoms with E-state index in [-0.39, 0.29) is 11.9 Å². The molecule has 1 fully saturated rings. The summed E-state index contributed by atoms with van der Waals surface area (Å²) in [6.07, 6.45) is 2.25. The molecule has 3 amide bonds. The molecule has 3 rings (SSSR count). The molecule has 0 aliphatic carbocycles. The molecule has 7 heteroatoms. The molecule has 172 valence electrons. The monoisotopic (exact) mass is 437 g/mol. The lowest BCUT2D eigenvalue weighted by Gasteiger charge is -2.23. The summed E-state index contributed by atoms with van der Waals surface area (Å²) in [5.41, 5.74) is 3.86. The Balaban J connectivity index is 1.73. The molecule has 7 nitrogen and oxygen atoms in total. The number of anilines is 3. The number of urea groups is 1. The van der Waals surface area contributed by atoms with E-state index >= 15 is 0 Å². The lowest BCUT2D eigenvalue weighted by Crippen LogP contribution is -2.35. The van der Waals surface area contributed by atoms with Gasteiger partial charge in [-0.15, -0.1) is 0 Å². The number of carbonyl (C=O) groups is 2. The van der Waals surface area contributed by atoms with E-state index < -0.39 is 0 Å². The highest BCUT2D eigenvalue weighted by molar-refractivity contribution is 6.04. The Morgan fingerprint density at radius 1 is 1.00 bits per heavy atom. The van der Waals surface area contributed by atoms with Gasteiger partial charge < -0.3 is 25.8 Å². The van der Waals surface area contributed by atoms with Crippen molar-refractivity contribution < 1.29 is 9.59 Å². The number of likely N-dealkylation sites (N-methyl/N-ethyl adjacent to an activating group) is 1. The molecule has 0 aromatic heterocycles. The molecule has 1 heterocycles. The van der Waals surface area contributed by atoms with Gasteiger partial charge in [-0.2, -0.15) is 0 Å². The molecule has 2 aromatic carbocycles. The molecule has 3 N–H and O–H groups in total. The normalized spacial score (nSPS) is 13.3. The fraction of sp³-hybridized carbons (Fsp3) is 0.440. The van der Waals surface area contributed by atoms with Gasteiger partial charge in [0.2, 0.25) is 0 Å². The average Bonchev–Trinajstić information content (AvgIpc) is 3.33. The number of hydrogen-bond acceptors (Lipinski definition) is 4. The lowest BCUT2D eigenvalue weighted by atomic mass is 10.1. The number of benzene rings is 2. The van der Waals surface area contributed by atoms with Crippen molar-refractivity contribution in [2.45, 2.75) is 33.6 Å². The number of amides is 3. The van der Waals surface area contributed by atoms with Gasteiger partial charge in [-0.05, 0) is 62.7 Å². The standard InChI is InChI=1S/C25H35N5O2/c1-4-29(5-2)17-14-26-24(31)21-18-20(12-13-23(21)30-15-8-9-16-30)27-25(32)28-22-11-7-6-10-19(22)3/h6-7,10-13,18H,4-5,8-9,14-17H2,1-3H3,(H,26,31)(H2,27,28,32). The number of nitrogens with zero attached hydrogens (tertiary/aromatic N) is 2. The zero-order valence-corrected chi connectivity index (χ0v) is 19.4. The second kappa shape index (κ2) is 11.5. The third-order valence-electron chi connectivity index (χ3n) is 5.95. The summed E-state index contributed by atoms with van der Waals surface area (Å²) in [5.74, 6) is -0.109. The van der Waals surface area contributed by atoms with Crippen LogP contribution < -0.4 is 20.9 Å². The third-order valence-corrected chi connectivity index (χ3v) is 5.95. The van der Waals surface area contributed by atoms with Crippen molar-refractivity contribution in [2.75, 3.05) is 54.8 Å². The van der Waals surface area contributed by atoms with Gasteiger partial charge in [-0.25, -0.2) is 4.79 Å². The Hall–Kier alpha value is -3.06. The summed E-state index contributed by atoms with van der Waals surface area (Å²) in [4.78, 5) is 30.1. The molecule has 0 radical (unpaired) electrons. The highest BCUT2D eigenvalue weighted by Gasteiger charge is 2.20. The maximum Gasteiger partial charge on any atom is 0.323 e.